The third-order valence-electron chi connectivity index (χ3n) is 2.76. The van der Waals surface area contributed by atoms with Crippen molar-refractivity contribution in [1.29, 1.82) is 0 Å². The van der Waals surface area contributed by atoms with Crippen LogP contribution in [0.3, 0.4) is 0 Å². The van der Waals surface area contributed by atoms with Crippen molar-refractivity contribution in [3.05, 3.63) is 42.2 Å². The maximum atomic E-state index is 5.68. The van der Waals surface area contributed by atoms with Gasteiger partial charge in [-0.25, -0.2) is 0 Å². The van der Waals surface area contributed by atoms with Crippen molar-refractivity contribution in [2.75, 3.05) is 7.05 Å². The molecular formula is C13H17BrN2S2. The number of nitrogens with zero attached hydrogens (tertiary/aromatic N) is 1. The highest BCUT2D eigenvalue weighted by molar-refractivity contribution is 9.10. The zero-order valence-electron chi connectivity index (χ0n) is 10.6. The third-order valence-corrected chi connectivity index (χ3v) is 5.56. The van der Waals surface area contributed by atoms with E-state index in [0.717, 1.165) is 13.1 Å². The van der Waals surface area contributed by atoms with Gasteiger partial charge in [0.05, 0.1) is 0 Å². The summed E-state index contributed by atoms with van der Waals surface area (Å²) in [7, 11) is 2.16. The Bertz CT molecular complexity index is 519. The molecule has 0 unspecified atom stereocenters. The Morgan fingerprint density at radius 2 is 2.06 bits per heavy atom. The van der Waals surface area contributed by atoms with E-state index in [-0.39, 0.29) is 0 Å². The van der Waals surface area contributed by atoms with Gasteiger partial charge in [-0.1, -0.05) is 0 Å². The highest BCUT2D eigenvalue weighted by atomic mass is 79.9. The molecular weight excluding hydrogens is 328 g/mol. The van der Waals surface area contributed by atoms with Crippen molar-refractivity contribution in [2.45, 2.75) is 26.6 Å². The first-order chi connectivity index (χ1) is 8.58. The maximum absolute atomic E-state index is 5.68. The number of hydrogen-bond acceptors (Lipinski definition) is 4. The summed E-state index contributed by atoms with van der Waals surface area (Å²) in [5.74, 6) is 0. The van der Waals surface area contributed by atoms with Crippen LogP contribution in [0.1, 0.15) is 20.2 Å². The summed E-state index contributed by atoms with van der Waals surface area (Å²) >= 11 is 7.10. The molecule has 0 aromatic carbocycles. The molecule has 2 rings (SSSR count). The minimum absolute atomic E-state index is 0.646. The summed E-state index contributed by atoms with van der Waals surface area (Å²) in [6.45, 7) is 4.79. The Balaban J connectivity index is 1.98. The first-order valence-electron chi connectivity index (χ1n) is 5.78. The van der Waals surface area contributed by atoms with Crippen LogP contribution in [0.5, 0.6) is 0 Å². The molecule has 0 atom stereocenters. The minimum Gasteiger partial charge on any atom is -0.326 e. The Labute approximate surface area is 125 Å². The van der Waals surface area contributed by atoms with Crippen LogP contribution in [0, 0.1) is 6.92 Å². The van der Waals surface area contributed by atoms with Crippen molar-refractivity contribution in [3.63, 3.8) is 0 Å². The van der Waals surface area contributed by atoms with E-state index in [1.54, 1.807) is 11.3 Å². The van der Waals surface area contributed by atoms with Gasteiger partial charge in [-0.05, 0) is 47.6 Å². The van der Waals surface area contributed by atoms with Crippen LogP contribution < -0.4 is 5.73 Å². The lowest BCUT2D eigenvalue weighted by Crippen LogP contribution is -2.16. The minimum atomic E-state index is 0.646. The normalized spacial score (nSPS) is 11.4. The highest BCUT2D eigenvalue weighted by Crippen LogP contribution is 2.24. The lowest BCUT2D eigenvalue weighted by Gasteiger charge is -2.15. The fraction of sp³-hybridized carbons (Fsp3) is 0.385. The lowest BCUT2D eigenvalue weighted by molar-refractivity contribution is 0.322. The van der Waals surface area contributed by atoms with Gasteiger partial charge in [-0.3, -0.25) is 4.90 Å². The molecule has 0 radical (unpaired) electrons. The van der Waals surface area contributed by atoms with Gasteiger partial charge in [-0.2, -0.15) is 0 Å². The van der Waals surface area contributed by atoms with E-state index in [0.29, 0.717) is 6.54 Å². The Morgan fingerprint density at radius 3 is 2.61 bits per heavy atom. The molecule has 18 heavy (non-hydrogen) atoms. The van der Waals surface area contributed by atoms with Crippen LogP contribution in [0.2, 0.25) is 0 Å². The summed E-state index contributed by atoms with van der Waals surface area (Å²) in [6.07, 6.45) is 0. The second-order valence-corrected chi connectivity index (χ2v) is 7.65. The van der Waals surface area contributed by atoms with Gasteiger partial charge in [0.1, 0.15) is 0 Å². The van der Waals surface area contributed by atoms with E-state index in [1.807, 2.05) is 11.3 Å². The Morgan fingerprint density at radius 1 is 1.28 bits per heavy atom. The SMILES string of the molecule is Cc1sc(CN)cc1CN(C)Cc1cc(Br)cs1. The van der Waals surface area contributed by atoms with Gasteiger partial charge < -0.3 is 5.73 Å². The molecule has 98 valence electrons. The molecule has 2 N–H and O–H groups in total. The number of nitrogens with two attached hydrogens (primary N) is 1. The number of halogens is 1. The standard InChI is InChI=1S/C13H17BrN2S2/c1-9-10(3-12(5-15)18-9)6-16(2)7-13-4-11(14)8-17-13/h3-4,8H,5-7,15H2,1-2H3. The molecule has 0 aliphatic rings. The zero-order valence-corrected chi connectivity index (χ0v) is 13.8. The van der Waals surface area contributed by atoms with Crippen molar-refractivity contribution >= 4 is 38.6 Å². The zero-order chi connectivity index (χ0) is 13.1. The average Bonchev–Trinajstić information content (AvgIpc) is 2.86. The molecule has 2 aromatic heterocycles. The monoisotopic (exact) mass is 344 g/mol. The van der Waals surface area contributed by atoms with Crippen molar-refractivity contribution in [2.24, 2.45) is 5.73 Å². The van der Waals surface area contributed by atoms with Crippen LogP contribution in [0.25, 0.3) is 0 Å². The second kappa shape index (κ2) is 6.30. The summed E-state index contributed by atoms with van der Waals surface area (Å²) in [4.78, 5) is 6.38. The van der Waals surface area contributed by atoms with Crippen LogP contribution in [0.4, 0.5) is 0 Å². The van der Waals surface area contributed by atoms with Gasteiger partial charge >= 0.3 is 0 Å². The molecule has 5 heteroatoms. The molecule has 0 saturated carbocycles. The van der Waals surface area contributed by atoms with Gasteiger partial charge in [-0.15, -0.1) is 22.7 Å². The van der Waals surface area contributed by atoms with Crippen LogP contribution >= 0.6 is 38.6 Å². The molecule has 0 fully saturated rings. The smallest absolute Gasteiger partial charge is 0.0328 e. The summed E-state index contributed by atoms with van der Waals surface area (Å²) in [5.41, 5.74) is 7.08. The first-order valence-corrected chi connectivity index (χ1v) is 8.27. The Hall–Kier alpha value is -0.200. The quantitative estimate of drug-likeness (QED) is 0.888. The third kappa shape index (κ3) is 3.65. The maximum Gasteiger partial charge on any atom is 0.0328 e. The largest absolute Gasteiger partial charge is 0.326 e. The topological polar surface area (TPSA) is 29.3 Å². The van der Waals surface area contributed by atoms with E-state index in [1.165, 1.54) is 24.7 Å². The number of rotatable bonds is 5. The van der Waals surface area contributed by atoms with E-state index in [9.17, 15) is 0 Å². The van der Waals surface area contributed by atoms with E-state index in [2.05, 4.69) is 52.3 Å². The lowest BCUT2D eigenvalue weighted by atomic mass is 10.2. The molecule has 2 heterocycles. The predicted octanol–water partition coefficient (Wildman–Crippen LogP) is 3.97. The highest BCUT2D eigenvalue weighted by Gasteiger charge is 2.08. The van der Waals surface area contributed by atoms with Gasteiger partial charge in [0.2, 0.25) is 0 Å². The molecule has 0 amide bonds. The van der Waals surface area contributed by atoms with Crippen molar-refractivity contribution < 1.29 is 0 Å². The fourth-order valence-electron chi connectivity index (χ4n) is 1.89. The molecule has 0 saturated heterocycles. The molecule has 2 aromatic rings. The van der Waals surface area contributed by atoms with Crippen LogP contribution in [-0.4, -0.2) is 11.9 Å². The summed E-state index contributed by atoms with van der Waals surface area (Å²) in [6, 6.07) is 4.42. The molecule has 0 bridgehead atoms. The predicted molar refractivity (Wildman–Crippen MR) is 84.1 cm³/mol. The summed E-state index contributed by atoms with van der Waals surface area (Å²) in [5, 5.41) is 2.13. The van der Waals surface area contributed by atoms with Crippen LogP contribution in [-0.2, 0) is 19.6 Å². The van der Waals surface area contributed by atoms with E-state index >= 15 is 0 Å². The molecule has 0 aliphatic heterocycles. The first kappa shape index (κ1) is 14.2. The molecule has 2 nitrogen and oxygen atoms in total. The summed E-state index contributed by atoms with van der Waals surface area (Å²) < 4.78 is 1.17. The molecule has 0 aliphatic carbocycles. The molecule has 0 spiro atoms. The van der Waals surface area contributed by atoms with Crippen molar-refractivity contribution in [1.82, 2.24) is 4.90 Å². The van der Waals surface area contributed by atoms with Gasteiger partial charge in [0.25, 0.3) is 0 Å². The number of hydrogen-bond donors (Lipinski definition) is 1. The van der Waals surface area contributed by atoms with E-state index in [4.69, 9.17) is 5.73 Å². The van der Waals surface area contributed by atoms with Gasteiger partial charge in [0.15, 0.2) is 0 Å². The fourth-order valence-corrected chi connectivity index (χ4v) is 4.36. The Kier molecular flexibility index (Phi) is 4.98. The van der Waals surface area contributed by atoms with Crippen LogP contribution in [0.15, 0.2) is 22.0 Å². The number of thiophene rings is 2. The van der Waals surface area contributed by atoms with Gasteiger partial charge in [0, 0.05) is 44.1 Å². The number of aryl methyl sites for hydroxylation is 1. The second-order valence-electron chi connectivity index (χ2n) is 4.40. The average molecular weight is 345 g/mol. The van der Waals surface area contributed by atoms with Crippen molar-refractivity contribution in [3.8, 4) is 0 Å². The van der Waals surface area contributed by atoms with E-state index < -0.39 is 0 Å².